The van der Waals surface area contributed by atoms with E-state index in [9.17, 15) is 13.6 Å². The van der Waals surface area contributed by atoms with Crippen molar-refractivity contribution in [2.45, 2.75) is 12.8 Å². The molecule has 0 aromatic rings. The fourth-order valence-electron chi connectivity index (χ4n) is 1.83. The molecule has 5 heteroatoms. The third-order valence-corrected chi connectivity index (χ3v) is 2.67. The van der Waals surface area contributed by atoms with Crippen molar-refractivity contribution < 1.29 is 13.6 Å². The minimum absolute atomic E-state index is 0.178. The number of nitrogens with zero attached hydrogens (tertiary/aromatic N) is 2. The van der Waals surface area contributed by atoms with Crippen molar-refractivity contribution in [3.05, 3.63) is 23.9 Å². The summed E-state index contributed by atoms with van der Waals surface area (Å²) in [6, 6.07) is 0. The molecule has 1 fully saturated rings. The van der Waals surface area contributed by atoms with Crippen molar-refractivity contribution >= 4 is 5.91 Å². The summed E-state index contributed by atoms with van der Waals surface area (Å²) < 4.78 is 25.1. The molecule has 0 aromatic carbocycles. The molecule has 2 rings (SSSR count). The van der Waals surface area contributed by atoms with Gasteiger partial charge in [0.1, 0.15) is 0 Å². The first kappa shape index (κ1) is 11.1. The number of likely N-dealkylation sites (tertiary alicyclic amines) is 1. The predicted molar refractivity (Wildman–Crippen MR) is 56.0 cm³/mol. The Morgan fingerprint density at radius 1 is 1.50 bits per heavy atom. The zero-order valence-corrected chi connectivity index (χ0v) is 9.12. The zero-order chi connectivity index (χ0) is 11.8. The first-order chi connectivity index (χ1) is 7.46. The first-order valence-corrected chi connectivity index (χ1v) is 5.20. The molecule has 16 heavy (non-hydrogen) atoms. The highest BCUT2D eigenvalue weighted by molar-refractivity contribution is 5.79. The molecule has 2 aliphatic rings. The molecule has 3 nitrogen and oxygen atoms in total. The minimum atomic E-state index is -2.68. The van der Waals surface area contributed by atoms with Crippen LogP contribution in [0, 0.1) is 0 Å². The summed E-state index contributed by atoms with van der Waals surface area (Å²) in [5, 5.41) is 0. The standard InChI is InChI=1S/C11H14F2N2O/c1-9-3-2-4-14(5-9)6-10(16)15-7-11(12,13)8-15/h2-4H,5-8H2,1H3. The molecule has 0 bridgehead atoms. The number of hydrogen-bond donors (Lipinski definition) is 0. The summed E-state index contributed by atoms with van der Waals surface area (Å²) in [7, 11) is 0. The minimum Gasteiger partial charge on any atom is -0.364 e. The van der Waals surface area contributed by atoms with E-state index < -0.39 is 19.0 Å². The molecule has 88 valence electrons. The van der Waals surface area contributed by atoms with Gasteiger partial charge in [0, 0.05) is 6.54 Å². The lowest BCUT2D eigenvalue weighted by Gasteiger charge is -2.39. The van der Waals surface area contributed by atoms with Crippen LogP contribution >= 0.6 is 0 Å². The van der Waals surface area contributed by atoms with E-state index in [1.165, 1.54) is 4.90 Å². The van der Waals surface area contributed by atoms with Crippen LogP contribution in [0.1, 0.15) is 6.92 Å². The van der Waals surface area contributed by atoms with Gasteiger partial charge in [-0.1, -0.05) is 11.6 Å². The number of carbonyl (C=O) groups is 1. The Hall–Kier alpha value is -1.39. The lowest BCUT2D eigenvalue weighted by atomic mass is 10.1. The van der Waals surface area contributed by atoms with Crippen LogP contribution in [0.15, 0.2) is 23.9 Å². The highest BCUT2D eigenvalue weighted by Crippen LogP contribution is 2.26. The highest BCUT2D eigenvalue weighted by Gasteiger charge is 2.46. The van der Waals surface area contributed by atoms with Crippen LogP contribution in [-0.4, -0.2) is 47.8 Å². The van der Waals surface area contributed by atoms with Crippen molar-refractivity contribution in [3.8, 4) is 0 Å². The van der Waals surface area contributed by atoms with E-state index in [2.05, 4.69) is 0 Å². The Balaban J connectivity index is 1.81. The maximum absolute atomic E-state index is 12.6. The van der Waals surface area contributed by atoms with Gasteiger partial charge < -0.3 is 9.80 Å². The number of amides is 1. The van der Waals surface area contributed by atoms with Crippen molar-refractivity contribution in [3.63, 3.8) is 0 Å². The second-order valence-electron chi connectivity index (χ2n) is 4.37. The number of alkyl halides is 2. The van der Waals surface area contributed by atoms with Crippen LogP contribution in [0.5, 0.6) is 0 Å². The Labute approximate surface area is 93.0 Å². The summed E-state index contributed by atoms with van der Waals surface area (Å²) in [6.45, 7) is 1.97. The van der Waals surface area contributed by atoms with Crippen molar-refractivity contribution in [1.82, 2.24) is 9.80 Å². The van der Waals surface area contributed by atoms with Gasteiger partial charge in [0.2, 0.25) is 5.91 Å². The Bertz CT molecular complexity index is 355. The van der Waals surface area contributed by atoms with Gasteiger partial charge in [0.05, 0.1) is 19.6 Å². The van der Waals surface area contributed by atoms with Gasteiger partial charge in [-0.3, -0.25) is 4.79 Å². The normalized spacial score (nSPS) is 22.8. The van der Waals surface area contributed by atoms with Gasteiger partial charge in [0.25, 0.3) is 5.92 Å². The topological polar surface area (TPSA) is 23.6 Å². The molecule has 2 aliphatic heterocycles. The smallest absolute Gasteiger partial charge is 0.282 e. The van der Waals surface area contributed by atoms with Crippen LogP contribution in [0.3, 0.4) is 0 Å². The number of hydrogen-bond acceptors (Lipinski definition) is 2. The molecular weight excluding hydrogens is 214 g/mol. The first-order valence-electron chi connectivity index (χ1n) is 5.20. The molecule has 0 aliphatic carbocycles. The van der Waals surface area contributed by atoms with Crippen LogP contribution < -0.4 is 0 Å². The monoisotopic (exact) mass is 228 g/mol. The molecule has 0 unspecified atom stereocenters. The van der Waals surface area contributed by atoms with Crippen LogP contribution in [-0.2, 0) is 4.79 Å². The van der Waals surface area contributed by atoms with Gasteiger partial charge in [-0.15, -0.1) is 0 Å². The molecule has 0 spiro atoms. The third kappa shape index (κ3) is 2.40. The Kier molecular flexibility index (Phi) is 2.69. The van der Waals surface area contributed by atoms with E-state index in [1.807, 2.05) is 30.2 Å². The van der Waals surface area contributed by atoms with E-state index in [-0.39, 0.29) is 12.5 Å². The molecule has 0 saturated carbocycles. The molecule has 0 aromatic heterocycles. The average molecular weight is 228 g/mol. The van der Waals surface area contributed by atoms with Gasteiger partial charge >= 0.3 is 0 Å². The molecular formula is C11H14F2N2O. The van der Waals surface area contributed by atoms with Gasteiger partial charge in [-0.05, 0) is 19.2 Å². The number of allylic oxidation sites excluding steroid dienone is 2. The second kappa shape index (κ2) is 3.88. The quantitative estimate of drug-likeness (QED) is 0.710. The largest absolute Gasteiger partial charge is 0.364 e. The van der Waals surface area contributed by atoms with Crippen molar-refractivity contribution in [2.24, 2.45) is 0 Å². The Morgan fingerprint density at radius 2 is 2.19 bits per heavy atom. The number of rotatable bonds is 2. The van der Waals surface area contributed by atoms with E-state index in [1.54, 1.807) is 0 Å². The second-order valence-corrected chi connectivity index (χ2v) is 4.37. The number of halogens is 2. The van der Waals surface area contributed by atoms with Crippen LogP contribution in [0.25, 0.3) is 0 Å². The summed E-state index contributed by atoms with van der Waals surface area (Å²) in [5.41, 5.74) is 1.16. The molecule has 0 atom stereocenters. The molecule has 0 N–H and O–H groups in total. The fraction of sp³-hybridized carbons (Fsp3) is 0.545. The van der Waals surface area contributed by atoms with E-state index in [0.717, 1.165) is 5.57 Å². The predicted octanol–water partition coefficient (Wildman–Crippen LogP) is 1.24. The lowest BCUT2D eigenvalue weighted by Crippen LogP contribution is -2.60. The summed E-state index contributed by atoms with van der Waals surface area (Å²) in [5.74, 6) is -2.91. The van der Waals surface area contributed by atoms with Gasteiger partial charge in [-0.25, -0.2) is 8.78 Å². The van der Waals surface area contributed by atoms with Crippen molar-refractivity contribution in [1.29, 1.82) is 0 Å². The molecule has 1 amide bonds. The summed E-state index contributed by atoms with van der Waals surface area (Å²) in [6.07, 6.45) is 5.64. The van der Waals surface area contributed by atoms with Crippen LogP contribution in [0.2, 0.25) is 0 Å². The maximum Gasteiger partial charge on any atom is 0.282 e. The maximum atomic E-state index is 12.6. The van der Waals surface area contributed by atoms with Gasteiger partial charge in [0.15, 0.2) is 0 Å². The van der Waals surface area contributed by atoms with E-state index >= 15 is 0 Å². The van der Waals surface area contributed by atoms with Gasteiger partial charge in [-0.2, -0.15) is 0 Å². The summed E-state index contributed by atoms with van der Waals surface area (Å²) in [4.78, 5) is 14.6. The van der Waals surface area contributed by atoms with E-state index in [0.29, 0.717) is 6.54 Å². The Morgan fingerprint density at radius 3 is 2.75 bits per heavy atom. The molecule has 1 saturated heterocycles. The summed E-state index contributed by atoms with van der Waals surface area (Å²) >= 11 is 0. The highest BCUT2D eigenvalue weighted by atomic mass is 19.3. The fourth-order valence-corrected chi connectivity index (χ4v) is 1.83. The third-order valence-electron chi connectivity index (χ3n) is 2.67. The van der Waals surface area contributed by atoms with E-state index in [4.69, 9.17) is 0 Å². The molecule has 2 heterocycles. The SMILES string of the molecule is CC1=CC=CN(CC(=O)N2CC(F)(F)C2)C1. The molecule has 0 radical (unpaired) electrons. The zero-order valence-electron chi connectivity index (χ0n) is 9.12. The van der Waals surface area contributed by atoms with Crippen LogP contribution in [0.4, 0.5) is 8.78 Å². The van der Waals surface area contributed by atoms with Crippen molar-refractivity contribution in [2.75, 3.05) is 26.2 Å². The lowest BCUT2D eigenvalue weighted by molar-refractivity contribution is -0.166. The average Bonchev–Trinajstić information content (AvgIpc) is 2.13. The number of carbonyl (C=O) groups excluding carboxylic acids is 1.